The minimum atomic E-state index is -4.07. The topological polar surface area (TPSA) is 122 Å². The van der Waals surface area contributed by atoms with Crippen molar-refractivity contribution in [1.29, 1.82) is 0 Å². The molecule has 2 aromatic rings. The number of ether oxygens (including phenoxy) is 2. The second kappa shape index (κ2) is 10.1. The van der Waals surface area contributed by atoms with Gasteiger partial charge in [-0.3, -0.25) is 9.59 Å². The van der Waals surface area contributed by atoms with Crippen molar-refractivity contribution >= 4 is 27.6 Å². The molecule has 184 valence electrons. The van der Waals surface area contributed by atoms with Crippen molar-refractivity contribution in [3.8, 4) is 5.75 Å². The zero-order chi connectivity index (χ0) is 25.2. The average molecular weight is 491 g/mol. The summed E-state index contributed by atoms with van der Waals surface area (Å²) in [6, 6.07) is 8.69. The van der Waals surface area contributed by atoms with E-state index >= 15 is 0 Å². The van der Waals surface area contributed by atoms with Gasteiger partial charge in [0.25, 0.3) is 5.91 Å². The molecule has 0 aromatic heterocycles. The van der Waals surface area contributed by atoms with Gasteiger partial charge in [0.2, 0.25) is 10.0 Å². The second-order valence-corrected chi connectivity index (χ2v) is 10.4. The van der Waals surface area contributed by atoms with Crippen molar-refractivity contribution in [2.75, 3.05) is 19.0 Å². The molecule has 3 rings (SSSR count). The number of aryl methyl sites for hydroxylation is 3. The number of carbonyl (C=O) groups excluding carboxylic acids is 2. The standard InChI is InChI=1S/C24H30N2O7S/c1-14-6-9-22(32-5)20(10-14)25-23(28)17(4)33-24(29)21-12-18(27)13-26(21)34(30,31)19-8-7-15(2)16(3)11-19/h6-11,17-18,21,27H,12-13H2,1-5H3,(H,25,28)/t17-,18-,21-/m0/s1. The highest BCUT2D eigenvalue weighted by atomic mass is 32.2. The Morgan fingerprint density at radius 1 is 1.12 bits per heavy atom. The summed E-state index contributed by atoms with van der Waals surface area (Å²) >= 11 is 0. The molecule has 1 heterocycles. The summed E-state index contributed by atoms with van der Waals surface area (Å²) in [6.45, 7) is 6.67. The average Bonchev–Trinajstić information content (AvgIpc) is 3.18. The lowest BCUT2D eigenvalue weighted by atomic mass is 10.1. The maximum absolute atomic E-state index is 13.2. The van der Waals surface area contributed by atoms with Crippen LogP contribution in [0.15, 0.2) is 41.3 Å². The second-order valence-electron chi connectivity index (χ2n) is 8.50. The van der Waals surface area contributed by atoms with E-state index in [0.29, 0.717) is 11.4 Å². The minimum Gasteiger partial charge on any atom is -0.495 e. The Morgan fingerprint density at radius 2 is 1.82 bits per heavy atom. The molecule has 3 atom stereocenters. The van der Waals surface area contributed by atoms with Crippen LogP contribution in [0.2, 0.25) is 0 Å². The maximum Gasteiger partial charge on any atom is 0.325 e. The lowest BCUT2D eigenvalue weighted by Gasteiger charge is -2.24. The van der Waals surface area contributed by atoms with Gasteiger partial charge in [-0.2, -0.15) is 4.31 Å². The maximum atomic E-state index is 13.2. The molecule has 1 saturated heterocycles. The quantitative estimate of drug-likeness (QED) is 0.571. The van der Waals surface area contributed by atoms with E-state index in [1.165, 1.54) is 26.2 Å². The van der Waals surface area contributed by atoms with Crippen LogP contribution < -0.4 is 10.1 Å². The summed E-state index contributed by atoms with van der Waals surface area (Å²) in [7, 11) is -2.60. The number of anilines is 1. The first-order valence-electron chi connectivity index (χ1n) is 10.9. The normalized spacial score (nSPS) is 19.5. The Kier molecular flexibility index (Phi) is 7.64. The van der Waals surface area contributed by atoms with E-state index < -0.39 is 40.1 Å². The molecular formula is C24H30N2O7S. The van der Waals surface area contributed by atoms with Gasteiger partial charge < -0.3 is 19.9 Å². The van der Waals surface area contributed by atoms with Crippen LogP contribution in [-0.4, -0.2) is 61.6 Å². The summed E-state index contributed by atoms with van der Waals surface area (Å²) < 4.78 is 38.0. The van der Waals surface area contributed by atoms with Crippen molar-refractivity contribution in [2.45, 2.75) is 57.3 Å². The highest BCUT2D eigenvalue weighted by Gasteiger charge is 2.45. The Morgan fingerprint density at radius 3 is 2.47 bits per heavy atom. The fourth-order valence-corrected chi connectivity index (χ4v) is 5.45. The lowest BCUT2D eigenvalue weighted by Crippen LogP contribution is -2.43. The van der Waals surface area contributed by atoms with Gasteiger partial charge in [-0.15, -0.1) is 0 Å². The molecule has 2 N–H and O–H groups in total. The number of esters is 1. The molecule has 1 fully saturated rings. The molecule has 0 unspecified atom stereocenters. The molecule has 1 amide bonds. The number of methoxy groups -OCH3 is 1. The number of rotatable bonds is 7. The van der Waals surface area contributed by atoms with Crippen molar-refractivity contribution < 1.29 is 32.6 Å². The first-order valence-corrected chi connectivity index (χ1v) is 12.3. The van der Waals surface area contributed by atoms with E-state index in [1.807, 2.05) is 19.9 Å². The number of nitrogens with zero attached hydrogens (tertiary/aromatic N) is 1. The summed E-state index contributed by atoms with van der Waals surface area (Å²) in [4.78, 5) is 25.6. The van der Waals surface area contributed by atoms with Gasteiger partial charge in [0.15, 0.2) is 6.10 Å². The summed E-state index contributed by atoms with van der Waals surface area (Å²) in [6.07, 6.45) is -2.36. The van der Waals surface area contributed by atoms with Gasteiger partial charge in [0.1, 0.15) is 11.8 Å². The van der Waals surface area contributed by atoms with Crippen LogP contribution in [0.4, 0.5) is 5.69 Å². The van der Waals surface area contributed by atoms with Gasteiger partial charge in [-0.05, 0) is 68.7 Å². The van der Waals surface area contributed by atoms with Crippen molar-refractivity contribution in [3.63, 3.8) is 0 Å². The molecule has 1 aliphatic heterocycles. The Balaban J connectivity index is 1.75. The van der Waals surface area contributed by atoms with Gasteiger partial charge in [-0.25, -0.2) is 8.42 Å². The SMILES string of the molecule is COc1ccc(C)cc1NC(=O)[C@H](C)OC(=O)[C@@H]1C[C@H](O)CN1S(=O)(=O)c1ccc(C)c(C)c1. The van der Waals surface area contributed by atoms with Gasteiger partial charge in [0, 0.05) is 13.0 Å². The number of amides is 1. The van der Waals surface area contributed by atoms with Gasteiger partial charge >= 0.3 is 5.97 Å². The number of benzene rings is 2. The monoisotopic (exact) mass is 490 g/mol. The Bertz CT molecular complexity index is 1200. The van der Waals surface area contributed by atoms with Crippen molar-refractivity contribution in [2.24, 2.45) is 0 Å². The first kappa shape index (κ1) is 25.7. The van der Waals surface area contributed by atoms with E-state index in [9.17, 15) is 23.1 Å². The first-order chi connectivity index (χ1) is 15.9. The molecule has 10 heteroatoms. The van der Waals surface area contributed by atoms with Crippen LogP contribution >= 0.6 is 0 Å². The van der Waals surface area contributed by atoms with Gasteiger partial charge in [0.05, 0.1) is 23.8 Å². The molecule has 0 saturated carbocycles. The largest absolute Gasteiger partial charge is 0.495 e. The number of aliphatic hydroxyl groups is 1. The van der Waals surface area contributed by atoms with Crippen molar-refractivity contribution in [3.05, 3.63) is 53.1 Å². The third-order valence-corrected chi connectivity index (χ3v) is 7.74. The number of sulfonamides is 1. The lowest BCUT2D eigenvalue weighted by molar-refractivity contribution is -0.156. The van der Waals surface area contributed by atoms with E-state index in [1.54, 1.807) is 25.1 Å². The van der Waals surface area contributed by atoms with Crippen LogP contribution in [0.25, 0.3) is 0 Å². The minimum absolute atomic E-state index is 0.0276. The summed E-state index contributed by atoms with van der Waals surface area (Å²) in [5.74, 6) is -1.05. The highest BCUT2D eigenvalue weighted by Crippen LogP contribution is 2.29. The Hall–Kier alpha value is -2.95. The molecule has 0 spiro atoms. The molecular weight excluding hydrogens is 460 g/mol. The molecule has 1 aliphatic rings. The number of aliphatic hydroxyl groups excluding tert-OH is 1. The van der Waals surface area contributed by atoms with Crippen LogP contribution in [0.3, 0.4) is 0 Å². The fraction of sp³-hybridized carbons (Fsp3) is 0.417. The third-order valence-electron chi connectivity index (χ3n) is 5.87. The Labute approximate surface area is 199 Å². The molecule has 9 nitrogen and oxygen atoms in total. The number of hydrogen-bond acceptors (Lipinski definition) is 7. The van der Waals surface area contributed by atoms with Crippen LogP contribution in [0.1, 0.15) is 30.0 Å². The molecule has 0 radical (unpaired) electrons. The van der Waals surface area contributed by atoms with E-state index in [-0.39, 0.29) is 17.9 Å². The number of β-amino-alcohol motifs (C(OH)–C–C–N with tert-alkyl or cyclic N) is 1. The predicted molar refractivity (Wildman–Crippen MR) is 126 cm³/mol. The highest BCUT2D eigenvalue weighted by molar-refractivity contribution is 7.89. The summed E-state index contributed by atoms with van der Waals surface area (Å²) in [5, 5.41) is 12.8. The fourth-order valence-electron chi connectivity index (χ4n) is 3.73. The smallest absolute Gasteiger partial charge is 0.325 e. The van der Waals surface area contributed by atoms with E-state index in [2.05, 4.69) is 5.32 Å². The zero-order valence-electron chi connectivity index (χ0n) is 19.9. The van der Waals surface area contributed by atoms with Crippen LogP contribution in [-0.2, 0) is 24.3 Å². The number of hydrogen-bond donors (Lipinski definition) is 2. The molecule has 0 bridgehead atoms. The molecule has 34 heavy (non-hydrogen) atoms. The molecule has 2 aromatic carbocycles. The number of carbonyl (C=O) groups is 2. The molecule has 0 aliphatic carbocycles. The predicted octanol–water partition coefficient (Wildman–Crippen LogP) is 2.31. The van der Waals surface area contributed by atoms with Crippen molar-refractivity contribution in [1.82, 2.24) is 4.31 Å². The van der Waals surface area contributed by atoms with E-state index in [4.69, 9.17) is 9.47 Å². The third kappa shape index (κ3) is 5.40. The van der Waals surface area contributed by atoms with Crippen LogP contribution in [0.5, 0.6) is 5.75 Å². The van der Waals surface area contributed by atoms with E-state index in [0.717, 1.165) is 21.0 Å². The summed E-state index contributed by atoms with van der Waals surface area (Å²) in [5.41, 5.74) is 3.04. The zero-order valence-corrected chi connectivity index (χ0v) is 20.7. The number of nitrogens with one attached hydrogen (secondary N) is 1. The van der Waals surface area contributed by atoms with Crippen LogP contribution in [0, 0.1) is 20.8 Å². The van der Waals surface area contributed by atoms with Gasteiger partial charge in [-0.1, -0.05) is 12.1 Å².